The zero-order valence-corrected chi connectivity index (χ0v) is 15.0. The van der Waals surface area contributed by atoms with Gasteiger partial charge in [-0.3, -0.25) is 4.79 Å². The molecule has 0 saturated heterocycles. The highest BCUT2D eigenvalue weighted by molar-refractivity contribution is 6.18. The lowest BCUT2D eigenvalue weighted by atomic mass is 9.98. The quantitative estimate of drug-likeness (QED) is 0.487. The van der Waals surface area contributed by atoms with Crippen molar-refractivity contribution in [2.75, 3.05) is 4.90 Å². The van der Waals surface area contributed by atoms with E-state index in [0.717, 1.165) is 39.0 Å². The fourth-order valence-electron chi connectivity index (χ4n) is 3.78. The van der Waals surface area contributed by atoms with Crippen LogP contribution < -0.4 is 4.90 Å². The van der Waals surface area contributed by atoms with E-state index in [1.165, 1.54) is 5.56 Å². The van der Waals surface area contributed by atoms with Crippen molar-refractivity contribution in [3.63, 3.8) is 0 Å². The number of carbonyl (C=O) groups excluding carboxylic acids is 1. The Kier molecular flexibility index (Phi) is 3.54. The number of carbonyl (C=O) groups is 1. The predicted molar refractivity (Wildman–Crippen MR) is 109 cm³/mol. The van der Waals surface area contributed by atoms with Gasteiger partial charge in [0.05, 0.1) is 23.3 Å². The number of benzene rings is 3. The molecule has 0 fully saturated rings. The third-order valence-corrected chi connectivity index (χ3v) is 5.16. The number of nitrogens with zero attached hydrogens (tertiary/aromatic N) is 2. The van der Waals surface area contributed by atoms with E-state index in [0.29, 0.717) is 6.54 Å². The minimum Gasteiger partial charge on any atom is -0.304 e. The maximum atomic E-state index is 13.3. The number of anilines is 1. The molecule has 130 valence electrons. The number of para-hydroxylation sites is 2. The van der Waals surface area contributed by atoms with Gasteiger partial charge in [0.2, 0.25) is 0 Å². The van der Waals surface area contributed by atoms with Crippen LogP contribution in [0.25, 0.3) is 22.2 Å². The van der Waals surface area contributed by atoms with Crippen molar-refractivity contribution < 1.29 is 4.79 Å². The molecule has 1 aliphatic rings. The molecule has 0 bridgehead atoms. The molecule has 27 heavy (non-hydrogen) atoms. The van der Waals surface area contributed by atoms with Crippen LogP contribution in [0, 0.1) is 6.92 Å². The molecular weight excluding hydrogens is 332 g/mol. The van der Waals surface area contributed by atoms with E-state index >= 15 is 0 Å². The largest absolute Gasteiger partial charge is 0.304 e. The maximum Gasteiger partial charge on any atom is 0.259 e. The lowest BCUT2D eigenvalue weighted by Gasteiger charge is -2.15. The Morgan fingerprint density at radius 3 is 2.33 bits per heavy atom. The Balaban J connectivity index is 1.76. The number of fused-ring (bicyclic) bond motifs is 3. The summed E-state index contributed by atoms with van der Waals surface area (Å²) in [6.45, 7) is 2.61. The molecule has 1 aromatic heterocycles. The molecule has 0 saturated carbocycles. The number of hydrogen-bond acceptors (Lipinski definition) is 2. The summed E-state index contributed by atoms with van der Waals surface area (Å²) in [6.07, 6.45) is 0. The Morgan fingerprint density at radius 1 is 0.852 bits per heavy atom. The summed E-state index contributed by atoms with van der Waals surface area (Å²) < 4.78 is 0. The van der Waals surface area contributed by atoms with Crippen LogP contribution in [0.2, 0.25) is 0 Å². The third-order valence-electron chi connectivity index (χ3n) is 5.16. The molecule has 3 heteroatoms. The molecule has 0 aliphatic carbocycles. The van der Waals surface area contributed by atoms with Crippen molar-refractivity contribution >= 4 is 22.5 Å². The number of aryl methyl sites for hydroxylation is 1. The van der Waals surface area contributed by atoms with Crippen molar-refractivity contribution in [1.29, 1.82) is 0 Å². The monoisotopic (exact) mass is 350 g/mol. The molecule has 1 aliphatic heterocycles. The Morgan fingerprint density at radius 2 is 1.56 bits per heavy atom. The summed E-state index contributed by atoms with van der Waals surface area (Å²) in [5.41, 5.74) is 6.71. The van der Waals surface area contributed by atoms with Crippen LogP contribution in [0.1, 0.15) is 21.5 Å². The molecule has 3 nitrogen and oxygen atoms in total. The fraction of sp³-hybridized carbons (Fsp3) is 0.0833. The smallest absolute Gasteiger partial charge is 0.259 e. The number of amides is 1. The van der Waals surface area contributed by atoms with Gasteiger partial charge in [0.25, 0.3) is 5.91 Å². The first-order valence-corrected chi connectivity index (χ1v) is 9.08. The van der Waals surface area contributed by atoms with Gasteiger partial charge in [0.15, 0.2) is 0 Å². The second-order valence-corrected chi connectivity index (χ2v) is 6.92. The minimum absolute atomic E-state index is 0.0446. The van der Waals surface area contributed by atoms with Gasteiger partial charge in [-0.05, 0) is 25.1 Å². The van der Waals surface area contributed by atoms with Crippen LogP contribution in [0.15, 0.2) is 78.9 Å². The topological polar surface area (TPSA) is 33.2 Å². The van der Waals surface area contributed by atoms with Crippen molar-refractivity contribution in [2.24, 2.45) is 0 Å². The van der Waals surface area contributed by atoms with E-state index in [2.05, 4.69) is 31.2 Å². The predicted octanol–water partition coefficient (Wildman–Crippen LogP) is 5.37. The summed E-state index contributed by atoms with van der Waals surface area (Å²) in [4.78, 5) is 20.1. The molecule has 5 rings (SSSR count). The lowest BCUT2D eigenvalue weighted by Crippen LogP contribution is -2.22. The molecule has 0 radical (unpaired) electrons. The van der Waals surface area contributed by atoms with Gasteiger partial charge in [0.1, 0.15) is 0 Å². The molecule has 3 aromatic carbocycles. The van der Waals surface area contributed by atoms with Crippen LogP contribution in [0.3, 0.4) is 0 Å². The number of rotatable bonds is 2. The zero-order valence-electron chi connectivity index (χ0n) is 15.0. The van der Waals surface area contributed by atoms with E-state index in [-0.39, 0.29) is 5.91 Å². The first-order chi connectivity index (χ1) is 13.2. The molecule has 0 N–H and O–H groups in total. The van der Waals surface area contributed by atoms with Crippen molar-refractivity contribution in [3.05, 3.63) is 95.6 Å². The normalized spacial score (nSPS) is 13.2. The van der Waals surface area contributed by atoms with E-state index in [4.69, 9.17) is 4.98 Å². The van der Waals surface area contributed by atoms with Crippen LogP contribution in [-0.2, 0) is 6.54 Å². The van der Waals surface area contributed by atoms with Crippen LogP contribution >= 0.6 is 0 Å². The van der Waals surface area contributed by atoms with Crippen molar-refractivity contribution in [2.45, 2.75) is 13.5 Å². The standard InChI is InChI=1S/C24H18N2O/c1-16-11-13-17(14-12-16)23-20-15-26(18-7-3-2-4-8-18)24(27)22(20)19-9-5-6-10-21(19)25-23/h2-14H,15H2,1H3. The fourth-order valence-corrected chi connectivity index (χ4v) is 3.78. The highest BCUT2D eigenvalue weighted by Gasteiger charge is 2.33. The van der Waals surface area contributed by atoms with E-state index in [1.807, 2.05) is 59.5 Å². The first-order valence-electron chi connectivity index (χ1n) is 9.08. The van der Waals surface area contributed by atoms with Gasteiger partial charge in [-0.2, -0.15) is 0 Å². The second kappa shape index (κ2) is 6.06. The third kappa shape index (κ3) is 2.51. The van der Waals surface area contributed by atoms with Crippen LogP contribution in [0.5, 0.6) is 0 Å². The Labute approximate surface area is 157 Å². The molecule has 1 amide bonds. The van der Waals surface area contributed by atoms with Crippen LogP contribution in [0.4, 0.5) is 5.69 Å². The number of pyridine rings is 1. The van der Waals surface area contributed by atoms with E-state index < -0.39 is 0 Å². The maximum absolute atomic E-state index is 13.3. The molecular formula is C24H18N2O. The Bertz CT molecular complexity index is 1160. The summed E-state index contributed by atoms with van der Waals surface area (Å²) in [6, 6.07) is 26.1. The van der Waals surface area contributed by atoms with Crippen molar-refractivity contribution in [1.82, 2.24) is 4.98 Å². The van der Waals surface area contributed by atoms with Crippen molar-refractivity contribution in [3.8, 4) is 11.3 Å². The molecule has 4 aromatic rings. The molecule has 0 atom stereocenters. The van der Waals surface area contributed by atoms with Gasteiger partial charge in [-0.25, -0.2) is 4.98 Å². The minimum atomic E-state index is 0.0446. The van der Waals surface area contributed by atoms with Gasteiger partial charge in [0, 0.05) is 22.2 Å². The van der Waals surface area contributed by atoms with Gasteiger partial charge < -0.3 is 4.90 Å². The van der Waals surface area contributed by atoms with E-state index in [1.54, 1.807) is 0 Å². The molecule has 0 unspecified atom stereocenters. The summed E-state index contributed by atoms with van der Waals surface area (Å²) in [5.74, 6) is 0.0446. The molecule has 2 heterocycles. The summed E-state index contributed by atoms with van der Waals surface area (Å²) in [7, 11) is 0. The summed E-state index contributed by atoms with van der Waals surface area (Å²) >= 11 is 0. The first kappa shape index (κ1) is 15.8. The zero-order chi connectivity index (χ0) is 18.4. The second-order valence-electron chi connectivity index (χ2n) is 6.92. The highest BCUT2D eigenvalue weighted by atomic mass is 16.2. The highest BCUT2D eigenvalue weighted by Crippen LogP contribution is 2.38. The Hall–Kier alpha value is -3.46. The van der Waals surface area contributed by atoms with Crippen LogP contribution in [-0.4, -0.2) is 10.9 Å². The number of aromatic nitrogens is 1. The number of hydrogen-bond donors (Lipinski definition) is 0. The SMILES string of the molecule is Cc1ccc(-c2nc3ccccc3c3c2CN(c2ccccc2)C3=O)cc1. The van der Waals surface area contributed by atoms with Gasteiger partial charge >= 0.3 is 0 Å². The average molecular weight is 350 g/mol. The van der Waals surface area contributed by atoms with Gasteiger partial charge in [-0.15, -0.1) is 0 Å². The molecule has 0 spiro atoms. The van der Waals surface area contributed by atoms with Gasteiger partial charge in [-0.1, -0.05) is 66.2 Å². The summed E-state index contributed by atoms with van der Waals surface area (Å²) in [5, 5.41) is 0.923. The average Bonchev–Trinajstić information content (AvgIpc) is 3.06. The lowest BCUT2D eigenvalue weighted by molar-refractivity contribution is 0.0998. The van der Waals surface area contributed by atoms with E-state index in [9.17, 15) is 4.79 Å².